The molecular formula is C23H25NO5. The van der Waals surface area contributed by atoms with Gasteiger partial charge in [0.1, 0.15) is 17.6 Å². The summed E-state index contributed by atoms with van der Waals surface area (Å²) in [5.74, 6) is 1.61. The van der Waals surface area contributed by atoms with Crippen molar-refractivity contribution in [1.82, 2.24) is 4.90 Å². The third kappa shape index (κ3) is 4.71. The van der Waals surface area contributed by atoms with Crippen LogP contribution in [0.3, 0.4) is 0 Å². The van der Waals surface area contributed by atoms with Crippen LogP contribution in [0.25, 0.3) is 5.57 Å². The van der Waals surface area contributed by atoms with Crippen molar-refractivity contribution in [2.45, 2.75) is 25.4 Å². The first-order valence-corrected chi connectivity index (χ1v) is 9.97. The number of benzene rings is 2. The van der Waals surface area contributed by atoms with E-state index in [-0.39, 0.29) is 12.9 Å². The highest BCUT2D eigenvalue weighted by Crippen LogP contribution is 2.37. The minimum atomic E-state index is -1.19. The fourth-order valence-electron chi connectivity index (χ4n) is 4.00. The Balaban J connectivity index is 1.54. The average molecular weight is 395 g/mol. The van der Waals surface area contributed by atoms with Crippen LogP contribution in [-0.4, -0.2) is 48.7 Å². The molecule has 0 radical (unpaired) electrons. The summed E-state index contributed by atoms with van der Waals surface area (Å²) in [6.45, 7) is 2.63. The number of likely N-dealkylation sites (tertiary alicyclic amines) is 1. The van der Waals surface area contributed by atoms with Crippen LogP contribution in [0.4, 0.5) is 4.79 Å². The molecule has 2 aromatic carbocycles. The van der Waals surface area contributed by atoms with E-state index in [0.717, 1.165) is 60.6 Å². The van der Waals surface area contributed by atoms with Crippen LogP contribution in [0, 0.1) is 0 Å². The molecule has 0 spiro atoms. The van der Waals surface area contributed by atoms with Crippen LogP contribution in [0.5, 0.6) is 11.5 Å². The van der Waals surface area contributed by atoms with E-state index in [1.807, 2.05) is 36.4 Å². The van der Waals surface area contributed by atoms with Crippen molar-refractivity contribution >= 4 is 11.7 Å². The van der Waals surface area contributed by atoms with Gasteiger partial charge in [-0.3, -0.25) is 4.90 Å². The van der Waals surface area contributed by atoms with E-state index < -0.39 is 6.16 Å². The minimum Gasteiger partial charge on any atom is -0.457 e. The van der Waals surface area contributed by atoms with Gasteiger partial charge in [-0.25, -0.2) is 4.79 Å². The first kappa shape index (κ1) is 19.3. The van der Waals surface area contributed by atoms with Crippen molar-refractivity contribution < 1.29 is 24.1 Å². The standard InChI is InChI=1S/C23H25NO5/c25-23(26)29-17-7-5-13-24(15-17)14-6-10-18-19-8-1-3-11-21(19)27-16-28-22-12-4-2-9-20(18)22/h1-4,8-12,17H,5-7,13-16H2,(H,25,26)/t17-/m1/s1. The summed E-state index contributed by atoms with van der Waals surface area (Å²) >= 11 is 0. The summed E-state index contributed by atoms with van der Waals surface area (Å²) in [5.41, 5.74) is 3.19. The van der Waals surface area contributed by atoms with Crippen LogP contribution < -0.4 is 9.47 Å². The molecule has 6 nitrogen and oxygen atoms in total. The molecule has 2 aliphatic heterocycles. The van der Waals surface area contributed by atoms with Crippen molar-refractivity contribution in [2.24, 2.45) is 0 Å². The molecule has 29 heavy (non-hydrogen) atoms. The Kier molecular flexibility index (Phi) is 6.00. The molecule has 2 aromatic rings. The van der Waals surface area contributed by atoms with Gasteiger partial charge in [-0.2, -0.15) is 0 Å². The molecule has 0 aromatic heterocycles. The van der Waals surface area contributed by atoms with Crippen LogP contribution in [0.2, 0.25) is 0 Å². The third-order valence-corrected chi connectivity index (χ3v) is 5.31. The van der Waals surface area contributed by atoms with Gasteiger partial charge in [0, 0.05) is 24.2 Å². The number of rotatable bonds is 4. The molecule has 1 saturated heterocycles. The average Bonchev–Trinajstić information content (AvgIpc) is 2.71. The highest BCUT2D eigenvalue weighted by molar-refractivity contribution is 5.85. The van der Waals surface area contributed by atoms with Crippen molar-refractivity contribution in [3.8, 4) is 11.5 Å². The topological polar surface area (TPSA) is 68.2 Å². The Hall–Kier alpha value is -2.99. The molecule has 2 heterocycles. The summed E-state index contributed by atoms with van der Waals surface area (Å²) in [6.07, 6.45) is 3.36. The number of ether oxygens (including phenoxy) is 3. The van der Waals surface area contributed by atoms with Crippen LogP contribution in [0.15, 0.2) is 54.6 Å². The van der Waals surface area contributed by atoms with E-state index in [9.17, 15) is 4.79 Å². The van der Waals surface area contributed by atoms with Crippen molar-refractivity contribution in [3.63, 3.8) is 0 Å². The number of carbonyl (C=O) groups is 1. The van der Waals surface area contributed by atoms with Gasteiger partial charge < -0.3 is 19.3 Å². The molecular weight excluding hydrogens is 370 g/mol. The highest BCUT2D eigenvalue weighted by atomic mass is 16.7. The molecule has 1 fully saturated rings. The largest absolute Gasteiger partial charge is 0.506 e. The van der Waals surface area contributed by atoms with Gasteiger partial charge in [0.2, 0.25) is 6.79 Å². The molecule has 1 N–H and O–H groups in total. The Morgan fingerprint density at radius 1 is 1.10 bits per heavy atom. The first-order chi connectivity index (χ1) is 14.2. The number of fused-ring (bicyclic) bond motifs is 2. The SMILES string of the molecule is O=C(O)O[C@@H]1CCCN(CCC=C2c3ccccc3OCOc3ccccc32)C1. The summed E-state index contributed by atoms with van der Waals surface area (Å²) < 4.78 is 16.6. The van der Waals surface area contributed by atoms with Gasteiger partial charge in [-0.1, -0.05) is 42.5 Å². The zero-order valence-electron chi connectivity index (χ0n) is 16.3. The van der Waals surface area contributed by atoms with Crippen molar-refractivity contribution in [3.05, 3.63) is 65.7 Å². The van der Waals surface area contributed by atoms with E-state index in [1.165, 1.54) is 0 Å². The number of piperidine rings is 1. The highest BCUT2D eigenvalue weighted by Gasteiger charge is 2.23. The van der Waals surface area contributed by atoms with E-state index in [0.29, 0.717) is 6.54 Å². The minimum absolute atomic E-state index is 0.181. The van der Waals surface area contributed by atoms with Gasteiger partial charge in [-0.15, -0.1) is 0 Å². The van der Waals surface area contributed by atoms with Crippen LogP contribution in [-0.2, 0) is 4.74 Å². The molecule has 2 aliphatic rings. The van der Waals surface area contributed by atoms with E-state index in [2.05, 4.69) is 23.1 Å². The fraction of sp³-hybridized carbons (Fsp3) is 0.348. The maximum atomic E-state index is 10.8. The lowest BCUT2D eigenvalue weighted by atomic mass is 9.95. The second-order valence-electron chi connectivity index (χ2n) is 7.25. The predicted molar refractivity (Wildman–Crippen MR) is 109 cm³/mol. The van der Waals surface area contributed by atoms with Crippen molar-refractivity contribution in [2.75, 3.05) is 26.4 Å². The zero-order chi connectivity index (χ0) is 20.1. The van der Waals surface area contributed by atoms with Crippen LogP contribution in [0.1, 0.15) is 30.4 Å². The quantitative estimate of drug-likeness (QED) is 0.774. The third-order valence-electron chi connectivity index (χ3n) is 5.31. The summed E-state index contributed by atoms with van der Waals surface area (Å²) in [6, 6.07) is 16.0. The Labute approximate surface area is 170 Å². The molecule has 4 rings (SSSR count). The molecule has 0 aliphatic carbocycles. The zero-order valence-corrected chi connectivity index (χ0v) is 16.3. The Morgan fingerprint density at radius 3 is 2.41 bits per heavy atom. The normalized spacial score (nSPS) is 18.9. The van der Waals surface area contributed by atoms with E-state index in [1.54, 1.807) is 0 Å². The Morgan fingerprint density at radius 2 is 1.76 bits per heavy atom. The van der Waals surface area contributed by atoms with E-state index in [4.69, 9.17) is 19.3 Å². The maximum absolute atomic E-state index is 10.8. The van der Waals surface area contributed by atoms with Gasteiger partial charge in [0.15, 0.2) is 0 Å². The van der Waals surface area contributed by atoms with Gasteiger partial charge in [0.25, 0.3) is 0 Å². The number of para-hydroxylation sites is 2. The van der Waals surface area contributed by atoms with Gasteiger partial charge in [0.05, 0.1) is 0 Å². The lowest BCUT2D eigenvalue weighted by Gasteiger charge is -2.31. The Bertz CT molecular complexity index is 845. The first-order valence-electron chi connectivity index (χ1n) is 9.97. The smallest absolute Gasteiger partial charge is 0.457 e. The number of hydrogen-bond acceptors (Lipinski definition) is 5. The lowest BCUT2D eigenvalue weighted by molar-refractivity contribution is 0.0140. The van der Waals surface area contributed by atoms with Crippen LogP contribution >= 0.6 is 0 Å². The summed E-state index contributed by atoms with van der Waals surface area (Å²) in [7, 11) is 0. The maximum Gasteiger partial charge on any atom is 0.506 e. The molecule has 0 bridgehead atoms. The van der Waals surface area contributed by atoms with Gasteiger partial charge in [-0.05, 0) is 43.5 Å². The van der Waals surface area contributed by atoms with E-state index >= 15 is 0 Å². The van der Waals surface area contributed by atoms with Crippen molar-refractivity contribution in [1.29, 1.82) is 0 Å². The predicted octanol–water partition coefficient (Wildman–Crippen LogP) is 4.40. The summed E-state index contributed by atoms with van der Waals surface area (Å²) in [5, 5.41) is 8.86. The fourth-order valence-corrected chi connectivity index (χ4v) is 4.00. The molecule has 0 saturated carbocycles. The second kappa shape index (κ2) is 9.01. The lowest BCUT2D eigenvalue weighted by Crippen LogP contribution is -2.40. The van der Waals surface area contributed by atoms with Gasteiger partial charge >= 0.3 is 6.16 Å². The molecule has 152 valence electrons. The molecule has 0 unspecified atom stereocenters. The number of carboxylic acid groups (broad SMARTS) is 1. The molecule has 6 heteroatoms. The monoisotopic (exact) mass is 395 g/mol. The molecule has 1 atom stereocenters. The molecule has 0 amide bonds. The summed E-state index contributed by atoms with van der Waals surface area (Å²) in [4.78, 5) is 13.1. The second-order valence-corrected chi connectivity index (χ2v) is 7.25. The number of nitrogens with zero attached hydrogens (tertiary/aromatic N) is 1. The number of hydrogen-bond donors (Lipinski definition) is 1.